The molecule has 60 valence electrons. The molecule has 0 rings (SSSR count). The van der Waals surface area contributed by atoms with Crippen molar-refractivity contribution in [3.05, 3.63) is 12.7 Å². The molecule has 0 spiro atoms. The summed E-state index contributed by atoms with van der Waals surface area (Å²) in [6.45, 7) is 2.26. The summed E-state index contributed by atoms with van der Waals surface area (Å²) < 4.78 is 35.5. The molecule has 0 saturated carbocycles. The first-order valence-corrected chi connectivity index (χ1v) is 2.56. The Bertz CT molecular complexity index is 131. The van der Waals surface area contributed by atoms with E-state index in [1.165, 1.54) is 0 Å². The van der Waals surface area contributed by atoms with Crippen LogP contribution in [0.2, 0.25) is 0 Å². The van der Waals surface area contributed by atoms with E-state index < -0.39 is 18.3 Å². The van der Waals surface area contributed by atoms with Crippen molar-refractivity contribution in [2.75, 3.05) is 6.54 Å². The first-order valence-electron chi connectivity index (χ1n) is 2.56. The lowest BCUT2D eigenvalue weighted by molar-refractivity contribution is -0.168. The Morgan fingerprint density at radius 2 is 1.80 bits per heavy atom. The average Bonchev–Trinajstić information content (AvgIpc) is 1.84. The van der Waals surface area contributed by atoms with Gasteiger partial charge in [0.2, 0.25) is 0 Å². The van der Waals surface area contributed by atoms with Gasteiger partial charge >= 0.3 is 6.18 Å². The SMILES string of the molecule is C=CC(N)(CN)C(F)(F)F. The summed E-state index contributed by atoms with van der Waals surface area (Å²) in [6.07, 6.45) is -3.91. The van der Waals surface area contributed by atoms with Gasteiger partial charge in [-0.05, 0) is 0 Å². The van der Waals surface area contributed by atoms with Gasteiger partial charge in [-0.15, -0.1) is 6.58 Å². The van der Waals surface area contributed by atoms with Crippen molar-refractivity contribution in [2.24, 2.45) is 11.5 Å². The molecule has 0 amide bonds. The maximum Gasteiger partial charge on any atom is 0.411 e. The number of alkyl halides is 3. The molecule has 0 aliphatic rings. The number of nitrogens with two attached hydrogens (primary N) is 2. The van der Waals surface area contributed by atoms with Gasteiger partial charge in [-0.2, -0.15) is 13.2 Å². The molecule has 2 nitrogen and oxygen atoms in total. The van der Waals surface area contributed by atoms with Crippen LogP contribution in [-0.4, -0.2) is 18.3 Å². The highest BCUT2D eigenvalue weighted by Gasteiger charge is 2.48. The van der Waals surface area contributed by atoms with Crippen LogP contribution in [0.3, 0.4) is 0 Å². The topological polar surface area (TPSA) is 52.0 Å². The van der Waals surface area contributed by atoms with Gasteiger partial charge in [0.05, 0.1) is 0 Å². The van der Waals surface area contributed by atoms with Gasteiger partial charge in [-0.25, -0.2) is 0 Å². The van der Waals surface area contributed by atoms with E-state index in [1.807, 2.05) is 0 Å². The number of halogens is 3. The molecule has 0 fully saturated rings. The Kier molecular flexibility index (Phi) is 2.45. The Hall–Kier alpha value is -0.550. The minimum absolute atomic E-state index is 0.604. The summed E-state index contributed by atoms with van der Waals surface area (Å²) >= 11 is 0. The first-order chi connectivity index (χ1) is 4.37. The van der Waals surface area contributed by atoms with E-state index in [0.717, 1.165) is 0 Å². The predicted octanol–water partition coefficient (Wildman–Crippen LogP) is 0.391. The molecule has 0 saturated heterocycles. The van der Waals surface area contributed by atoms with E-state index in [4.69, 9.17) is 11.5 Å². The summed E-state index contributed by atoms with van der Waals surface area (Å²) in [5.41, 5.74) is 7.16. The van der Waals surface area contributed by atoms with Crippen LogP contribution in [0.5, 0.6) is 0 Å². The van der Waals surface area contributed by atoms with Gasteiger partial charge in [-0.3, -0.25) is 0 Å². The standard InChI is InChI=1S/C5H9F3N2/c1-2-4(10,3-9)5(6,7)8/h2H,1,3,9-10H2. The molecule has 1 unspecified atom stereocenters. The molecule has 0 radical (unpaired) electrons. The number of hydrogen-bond acceptors (Lipinski definition) is 2. The van der Waals surface area contributed by atoms with Gasteiger partial charge in [0.1, 0.15) is 5.54 Å². The summed E-state index contributed by atoms with van der Waals surface area (Å²) in [5.74, 6) is 0. The zero-order valence-corrected chi connectivity index (χ0v) is 5.28. The number of hydrogen-bond donors (Lipinski definition) is 2. The van der Waals surface area contributed by atoms with Gasteiger partial charge in [0.25, 0.3) is 0 Å². The Morgan fingerprint density at radius 3 is 1.80 bits per heavy atom. The van der Waals surface area contributed by atoms with Crippen molar-refractivity contribution in [1.29, 1.82) is 0 Å². The minimum Gasteiger partial charge on any atom is -0.328 e. The van der Waals surface area contributed by atoms with Crippen LogP contribution in [-0.2, 0) is 0 Å². The lowest BCUT2D eigenvalue weighted by Crippen LogP contribution is -2.56. The van der Waals surface area contributed by atoms with Crippen molar-refractivity contribution in [3.8, 4) is 0 Å². The second kappa shape index (κ2) is 2.59. The maximum absolute atomic E-state index is 11.8. The van der Waals surface area contributed by atoms with Crippen molar-refractivity contribution < 1.29 is 13.2 Å². The fourth-order valence-electron chi connectivity index (χ4n) is 0.315. The predicted molar refractivity (Wildman–Crippen MR) is 32.2 cm³/mol. The fourth-order valence-corrected chi connectivity index (χ4v) is 0.315. The molecule has 0 heterocycles. The Balaban J connectivity index is 4.48. The van der Waals surface area contributed by atoms with E-state index in [9.17, 15) is 13.2 Å². The molecule has 1 atom stereocenters. The van der Waals surface area contributed by atoms with Crippen molar-refractivity contribution >= 4 is 0 Å². The lowest BCUT2D eigenvalue weighted by Gasteiger charge is -2.26. The highest BCUT2D eigenvalue weighted by Crippen LogP contribution is 2.27. The van der Waals surface area contributed by atoms with Crippen LogP contribution >= 0.6 is 0 Å². The third kappa shape index (κ3) is 1.48. The summed E-state index contributed by atoms with van der Waals surface area (Å²) in [5, 5.41) is 0. The molecule has 0 aliphatic heterocycles. The maximum atomic E-state index is 11.8. The molecular formula is C5H9F3N2. The number of rotatable bonds is 2. The van der Waals surface area contributed by atoms with Crippen molar-refractivity contribution in [2.45, 2.75) is 11.7 Å². The molecule has 0 bridgehead atoms. The molecule has 0 aromatic carbocycles. The Labute approximate surface area is 56.7 Å². The smallest absolute Gasteiger partial charge is 0.328 e. The lowest BCUT2D eigenvalue weighted by atomic mass is 10.0. The summed E-state index contributed by atoms with van der Waals surface area (Å²) in [7, 11) is 0. The quantitative estimate of drug-likeness (QED) is 0.565. The molecular weight excluding hydrogens is 145 g/mol. The third-order valence-electron chi connectivity index (χ3n) is 1.23. The van der Waals surface area contributed by atoms with Crippen LogP contribution in [0.25, 0.3) is 0 Å². The molecule has 0 aromatic rings. The third-order valence-corrected chi connectivity index (χ3v) is 1.23. The zero-order chi connectivity index (χ0) is 8.41. The van der Waals surface area contributed by atoms with Gasteiger partial charge in [-0.1, -0.05) is 6.08 Å². The second-order valence-electron chi connectivity index (χ2n) is 1.95. The highest BCUT2D eigenvalue weighted by molar-refractivity contribution is 5.06. The van der Waals surface area contributed by atoms with Crippen LogP contribution in [0, 0.1) is 0 Å². The molecule has 0 aromatic heterocycles. The summed E-state index contributed by atoms with van der Waals surface area (Å²) in [4.78, 5) is 0. The molecule has 0 aliphatic carbocycles. The highest BCUT2D eigenvalue weighted by atomic mass is 19.4. The van der Waals surface area contributed by atoms with E-state index >= 15 is 0 Å². The summed E-state index contributed by atoms with van der Waals surface area (Å²) in [6, 6.07) is 0. The second-order valence-corrected chi connectivity index (χ2v) is 1.95. The van der Waals surface area contributed by atoms with Gasteiger partial charge < -0.3 is 11.5 Å². The van der Waals surface area contributed by atoms with Crippen LogP contribution < -0.4 is 11.5 Å². The van der Waals surface area contributed by atoms with Crippen molar-refractivity contribution in [3.63, 3.8) is 0 Å². The molecule has 10 heavy (non-hydrogen) atoms. The fraction of sp³-hybridized carbons (Fsp3) is 0.600. The minimum atomic E-state index is -4.51. The average molecular weight is 154 g/mol. The first kappa shape index (κ1) is 9.45. The van der Waals surface area contributed by atoms with E-state index in [-0.39, 0.29) is 0 Å². The molecule has 4 N–H and O–H groups in total. The van der Waals surface area contributed by atoms with E-state index in [2.05, 4.69) is 6.58 Å². The Morgan fingerprint density at radius 1 is 1.40 bits per heavy atom. The van der Waals surface area contributed by atoms with E-state index in [1.54, 1.807) is 0 Å². The van der Waals surface area contributed by atoms with Gasteiger partial charge in [0, 0.05) is 6.54 Å². The monoisotopic (exact) mass is 154 g/mol. The van der Waals surface area contributed by atoms with Crippen LogP contribution in [0.15, 0.2) is 12.7 Å². The van der Waals surface area contributed by atoms with Crippen molar-refractivity contribution in [1.82, 2.24) is 0 Å². The molecule has 5 heteroatoms. The van der Waals surface area contributed by atoms with E-state index in [0.29, 0.717) is 6.08 Å². The van der Waals surface area contributed by atoms with Crippen LogP contribution in [0.1, 0.15) is 0 Å². The van der Waals surface area contributed by atoms with Crippen LogP contribution in [0.4, 0.5) is 13.2 Å². The normalized spacial score (nSPS) is 18.1. The largest absolute Gasteiger partial charge is 0.411 e. The zero-order valence-electron chi connectivity index (χ0n) is 5.28. The van der Waals surface area contributed by atoms with Gasteiger partial charge in [0.15, 0.2) is 0 Å².